The van der Waals surface area contributed by atoms with Crippen molar-refractivity contribution in [1.29, 1.82) is 0 Å². The Labute approximate surface area is 230 Å². The molecule has 0 spiro atoms. The van der Waals surface area contributed by atoms with E-state index in [-0.39, 0.29) is 5.92 Å². The molecule has 1 unspecified atom stereocenters. The van der Waals surface area contributed by atoms with Crippen LogP contribution in [0.4, 0.5) is 5.69 Å². The normalized spacial score (nSPS) is 15.6. The number of rotatable bonds is 5. The molecule has 0 radical (unpaired) electrons. The second kappa shape index (κ2) is 9.85. The summed E-state index contributed by atoms with van der Waals surface area (Å²) in [6, 6.07) is 45.9. The van der Waals surface area contributed by atoms with Crippen LogP contribution in [-0.2, 0) is 6.42 Å². The smallest absolute Gasteiger partial charge is 0.0675 e. The lowest BCUT2D eigenvalue weighted by atomic mass is 9.76. The molecule has 0 aromatic heterocycles. The first kappa shape index (κ1) is 23.4. The van der Waals surface area contributed by atoms with Gasteiger partial charge >= 0.3 is 0 Å². The van der Waals surface area contributed by atoms with Crippen molar-refractivity contribution in [1.82, 2.24) is 0 Å². The van der Waals surface area contributed by atoms with E-state index in [1.54, 1.807) is 0 Å². The summed E-state index contributed by atoms with van der Waals surface area (Å²) in [7, 11) is 0. The van der Waals surface area contributed by atoms with E-state index in [2.05, 4.69) is 146 Å². The van der Waals surface area contributed by atoms with Crippen molar-refractivity contribution >= 4 is 17.0 Å². The summed E-state index contributed by atoms with van der Waals surface area (Å²) in [5.41, 5.74) is 15.2. The van der Waals surface area contributed by atoms with Crippen LogP contribution < -0.4 is 0 Å². The minimum atomic E-state index is 0.160. The lowest BCUT2D eigenvalue weighted by Gasteiger charge is -2.26. The average Bonchev–Trinajstić information content (AvgIpc) is 3.37. The topological polar surface area (TPSA) is 12.4 Å². The fraction of sp³-hybridized carbons (Fsp3) is 0.0789. The lowest BCUT2D eigenvalue weighted by Crippen LogP contribution is -2.15. The summed E-state index contributed by atoms with van der Waals surface area (Å²) in [5.74, 6) is 0.160. The molecule has 1 nitrogen and oxygen atoms in total. The molecule has 7 rings (SSSR count). The van der Waals surface area contributed by atoms with Crippen molar-refractivity contribution < 1.29 is 0 Å². The second-order valence-corrected chi connectivity index (χ2v) is 10.4. The van der Waals surface area contributed by atoms with Crippen LogP contribution in [0.3, 0.4) is 0 Å². The molecule has 5 aromatic carbocycles. The van der Waals surface area contributed by atoms with Gasteiger partial charge in [-0.15, -0.1) is 0 Å². The summed E-state index contributed by atoms with van der Waals surface area (Å²) in [5, 5.41) is 0. The minimum absolute atomic E-state index is 0.160. The summed E-state index contributed by atoms with van der Waals surface area (Å²) in [6.45, 7) is 2.22. The third-order valence-electron chi connectivity index (χ3n) is 7.92. The highest BCUT2D eigenvalue weighted by atomic mass is 14.8. The van der Waals surface area contributed by atoms with Crippen LogP contribution in [0.25, 0.3) is 27.8 Å². The van der Waals surface area contributed by atoms with Gasteiger partial charge < -0.3 is 0 Å². The van der Waals surface area contributed by atoms with Gasteiger partial charge in [0.15, 0.2) is 0 Å². The third kappa shape index (κ3) is 4.36. The molecule has 1 heteroatoms. The van der Waals surface area contributed by atoms with Crippen molar-refractivity contribution in [2.45, 2.75) is 19.3 Å². The van der Waals surface area contributed by atoms with Gasteiger partial charge in [0.2, 0.25) is 0 Å². The maximum Gasteiger partial charge on any atom is 0.0675 e. The van der Waals surface area contributed by atoms with E-state index < -0.39 is 0 Å². The third-order valence-corrected chi connectivity index (χ3v) is 7.92. The SMILES string of the molecule is Cc1ccccc1C1=C(Cc2cc(-c3ccccc3)cc(-c3ccccc3)c2)C=CC2=Nc3ccccc3C21. The number of nitrogens with zero attached hydrogens (tertiary/aromatic N) is 1. The van der Waals surface area contributed by atoms with E-state index in [4.69, 9.17) is 4.99 Å². The van der Waals surface area contributed by atoms with E-state index in [9.17, 15) is 0 Å². The molecule has 1 atom stereocenters. The molecular weight excluding hydrogens is 470 g/mol. The summed E-state index contributed by atoms with van der Waals surface area (Å²) >= 11 is 0. The highest BCUT2D eigenvalue weighted by Crippen LogP contribution is 2.48. The van der Waals surface area contributed by atoms with Gasteiger partial charge in [0.1, 0.15) is 0 Å². The number of allylic oxidation sites excluding steroid dienone is 4. The van der Waals surface area contributed by atoms with E-state index in [0.29, 0.717) is 0 Å². The van der Waals surface area contributed by atoms with Gasteiger partial charge in [0.05, 0.1) is 17.3 Å². The molecule has 1 aliphatic heterocycles. The average molecular weight is 500 g/mol. The standard InChI is InChI=1S/C38H29N/c1-26-12-8-9-17-33(26)37-30(20-21-36-38(37)34-18-10-11-19-35(34)39-36)22-27-23-31(28-13-4-2-5-14-28)25-32(24-27)29-15-6-3-7-16-29/h2-21,23-25,38H,22H2,1H3. The number of hydrogen-bond acceptors (Lipinski definition) is 1. The van der Waals surface area contributed by atoms with Gasteiger partial charge in [-0.05, 0) is 87.2 Å². The fourth-order valence-electron chi connectivity index (χ4n) is 6.06. The van der Waals surface area contributed by atoms with Crippen LogP contribution in [0, 0.1) is 6.92 Å². The Morgan fingerprint density at radius 3 is 1.90 bits per heavy atom. The number of para-hydroxylation sites is 1. The second-order valence-electron chi connectivity index (χ2n) is 10.4. The molecule has 0 saturated carbocycles. The van der Waals surface area contributed by atoms with Crippen LogP contribution in [0.15, 0.2) is 150 Å². The maximum absolute atomic E-state index is 5.02. The Hall–Kier alpha value is -4.75. The molecule has 186 valence electrons. The van der Waals surface area contributed by atoms with Crippen LogP contribution in [0.5, 0.6) is 0 Å². The van der Waals surface area contributed by atoms with E-state index >= 15 is 0 Å². The van der Waals surface area contributed by atoms with Crippen molar-refractivity contribution in [2.75, 3.05) is 0 Å². The Kier molecular flexibility index (Phi) is 5.90. The number of fused-ring (bicyclic) bond motifs is 3. The van der Waals surface area contributed by atoms with Crippen LogP contribution >= 0.6 is 0 Å². The maximum atomic E-state index is 5.02. The summed E-state index contributed by atoms with van der Waals surface area (Å²) in [6.07, 6.45) is 5.40. The van der Waals surface area contributed by atoms with Crippen LogP contribution in [0.1, 0.15) is 28.2 Å². The van der Waals surface area contributed by atoms with E-state index in [0.717, 1.165) is 17.8 Å². The molecule has 39 heavy (non-hydrogen) atoms. The Morgan fingerprint density at radius 2 is 1.21 bits per heavy atom. The summed E-state index contributed by atoms with van der Waals surface area (Å²) < 4.78 is 0. The minimum Gasteiger partial charge on any atom is -0.252 e. The number of hydrogen-bond donors (Lipinski definition) is 0. The molecular formula is C38H29N. The van der Waals surface area contributed by atoms with Gasteiger partial charge in [0, 0.05) is 0 Å². The molecule has 2 aliphatic rings. The van der Waals surface area contributed by atoms with Gasteiger partial charge in [-0.3, -0.25) is 4.99 Å². The van der Waals surface area contributed by atoms with Gasteiger partial charge in [-0.25, -0.2) is 0 Å². The molecule has 5 aromatic rings. The van der Waals surface area contributed by atoms with E-state index in [1.807, 2.05) is 0 Å². The highest BCUT2D eigenvalue weighted by molar-refractivity contribution is 6.15. The first-order valence-corrected chi connectivity index (χ1v) is 13.6. The zero-order valence-electron chi connectivity index (χ0n) is 22.0. The van der Waals surface area contributed by atoms with Gasteiger partial charge in [-0.2, -0.15) is 0 Å². The molecule has 1 heterocycles. The van der Waals surface area contributed by atoms with Crippen molar-refractivity contribution in [3.8, 4) is 22.3 Å². The fourth-order valence-corrected chi connectivity index (χ4v) is 6.06. The zero-order chi connectivity index (χ0) is 26.2. The lowest BCUT2D eigenvalue weighted by molar-refractivity contribution is 1.11. The molecule has 0 amide bonds. The first-order chi connectivity index (χ1) is 19.2. The summed E-state index contributed by atoms with van der Waals surface area (Å²) in [4.78, 5) is 5.02. The molecule has 1 aliphatic carbocycles. The van der Waals surface area contributed by atoms with E-state index in [1.165, 1.54) is 55.7 Å². The number of aryl methyl sites for hydroxylation is 1. The monoisotopic (exact) mass is 499 g/mol. The van der Waals surface area contributed by atoms with Crippen molar-refractivity contribution in [2.24, 2.45) is 4.99 Å². The predicted molar refractivity (Wildman–Crippen MR) is 165 cm³/mol. The van der Waals surface area contributed by atoms with Gasteiger partial charge in [-0.1, -0.05) is 121 Å². The highest BCUT2D eigenvalue weighted by Gasteiger charge is 2.33. The molecule has 0 N–H and O–H groups in total. The number of benzene rings is 5. The Bertz CT molecular complexity index is 1710. The van der Waals surface area contributed by atoms with Crippen LogP contribution in [-0.4, -0.2) is 5.71 Å². The zero-order valence-corrected chi connectivity index (χ0v) is 22.0. The number of aliphatic imine (C=N–C) groups is 1. The quantitative estimate of drug-likeness (QED) is 0.228. The largest absolute Gasteiger partial charge is 0.252 e. The van der Waals surface area contributed by atoms with Crippen LogP contribution in [0.2, 0.25) is 0 Å². The Balaban J connectivity index is 1.40. The molecule has 0 bridgehead atoms. The van der Waals surface area contributed by atoms with Crippen molar-refractivity contribution in [3.63, 3.8) is 0 Å². The van der Waals surface area contributed by atoms with Gasteiger partial charge in [0.25, 0.3) is 0 Å². The molecule has 0 saturated heterocycles. The molecule has 0 fully saturated rings. The van der Waals surface area contributed by atoms with Crippen molar-refractivity contribution in [3.05, 3.63) is 167 Å². The Morgan fingerprint density at radius 1 is 0.590 bits per heavy atom. The first-order valence-electron chi connectivity index (χ1n) is 13.6. The predicted octanol–water partition coefficient (Wildman–Crippen LogP) is 9.77.